The molecule has 5 nitrogen and oxygen atoms in total. The smallest absolute Gasteiger partial charge is 0.222 e. The molecule has 1 N–H and O–H groups in total. The lowest BCUT2D eigenvalue weighted by molar-refractivity contribution is -0.140. The van der Waals surface area contributed by atoms with Crippen LogP contribution < -0.4 is 4.74 Å². The van der Waals surface area contributed by atoms with Gasteiger partial charge in [-0.2, -0.15) is 0 Å². The number of rotatable bonds is 5. The van der Waals surface area contributed by atoms with Gasteiger partial charge in [-0.15, -0.1) is 0 Å². The monoisotopic (exact) mass is 368 g/mol. The molecule has 0 aliphatic carbocycles. The minimum Gasteiger partial charge on any atom is -0.497 e. The molecular weight excluding hydrogens is 342 g/mol. The Bertz CT molecular complexity index is 647. The molecule has 0 aromatic heterocycles. The van der Waals surface area contributed by atoms with Gasteiger partial charge in [-0.05, 0) is 25.8 Å². The number of hydrogen-bond acceptors (Lipinski definition) is 4. The molecule has 1 aromatic carbocycles. The van der Waals surface area contributed by atoms with Gasteiger partial charge in [-0.25, -0.2) is 8.78 Å². The van der Waals surface area contributed by atoms with Crippen LogP contribution in [0.4, 0.5) is 8.78 Å². The lowest BCUT2D eigenvalue weighted by Gasteiger charge is -2.48. The van der Waals surface area contributed by atoms with Crippen molar-refractivity contribution in [3.63, 3.8) is 0 Å². The van der Waals surface area contributed by atoms with Gasteiger partial charge in [0.05, 0.1) is 13.7 Å². The quantitative estimate of drug-likeness (QED) is 0.866. The molecule has 144 valence electrons. The maximum Gasteiger partial charge on any atom is 0.222 e. The third-order valence-corrected chi connectivity index (χ3v) is 5.59. The second-order valence-electron chi connectivity index (χ2n) is 7.42. The number of amides is 1. The van der Waals surface area contributed by atoms with Crippen LogP contribution in [0, 0.1) is 17.0 Å². The summed E-state index contributed by atoms with van der Waals surface area (Å²) in [5.41, 5.74) is 0.00255. The summed E-state index contributed by atoms with van der Waals surface area (Å²) >= 11 is 0. The highest BCUT2D eigenvalue weighted by atomic mass is 19.1. The maximum atomic E-state index is 14.3. The molecule has 2 aliphatic heterocycles. The van der Waals surface area contributed by atoms with Gasteiger partial charge < -0.3 is 14.7 Å². The number of likely N-dealkylation sites (tertiary alicyclic amines) is 2. The Labute approximate surface area is 152 Å². The second-order valence-corrected chi connectivity index (χ2v) is 7.42. The Morgan fingerprint density at radius 2 is 1.96 bits per heavy atom. The number of hydrogen-bond donors (Lipinski definition) is 1. The van der Waals surface area contributed by atoms with Gasteiger partial charge in [0.25, 0.3) is 0 Å². The first-order chi connectivity index (χ1) is 12.5. The average molecular weight is 368 g/mol. The molecular formula is C19H26F2N2O3. The van der Waals surface area contributed by atoms with Gasteiger partial charge in [-0.1, -0.05) is 0 Å². The third kappa shape index (κ3) is 3.99. The Morgan fingerprint density at radius 1 is 1.23 bits per heavy atom. The van der Waals surface area contributed by atoms with Crippen LogP contribution in [0.1, 0.15) is 31.2 Å². The highest BCUT2D eigenvalue weighted by Gasteiger charge is 2.41. The number of benzene rings is 1. The molecule has 2 heterocycles. The first-order valence-electron chi connectivity index (χ1n) is 9.09. The van der Waals surface area contributed by atoms with E-state index in [9.17, 15) is 18.7 Å². The number of aliphatic hydroxyl groups is 1. The standard InChI is InChI=1S/C19H26F2N2O3/c1-26-14-9-16(20)15(17(21)10-14)11-22-6-2-4-19(12-22)5-3-18(25)23(13-19)7-8-24/h9-10,24H,2-8,11-13H2,1H3. The van der Waals surface area contributed by atoms with Gasteiger partial charge in [0.15, 0.2) is 0 Å². The molecule has 2 saturated heterocycles. The van der Waals surface area contributed by atoms with E-state index in [-0.39, 0.29) is 35.8 Å². The van der Waals surface area contributed by atoms with Crippen molar-refractivity contribution in [2.75, 3.05) is 39.9 Å². The summed E-state index contributed by atoms with van der Waals surface area (Å²) < 4.78 is 33.5. The molecule has 2 aliphatic rings. The van der Waals surface area contributed by atoms with Gasteiger partial charge >= 0.3 is 0 Å². The van der Waals surface area contributed by atoms with Crippen molar-refractivity contribution < 1.29 is 23.4 Å². The molecule has 3 rings (SSSR count). The summed E-state index contributed by atoms with van der Waals surface area (Å²) in [6.07, 6.45) is 3.18. The summed E-state index contributed by atoms with van der Waals surface area (Å²) in [5.74, 6) is -0.942. The minimum atomic E-state index is -0.595. The van der Waals surface area contributed by atoms with E-state index in [1.54, 1.807) is 4.90 Å². The lowest BCUT2D eigenvalue weighted by atomic mass is 9.73. The fourth-order valence-electron chi connectivity index (χ4n) is 4.28. The SMILES string of the molecule is COc1cc(F)c(CN2CCCC3(CCC(=O)N(CCO)C3)C2)c(F)c1. The molecule has 0 saturated carbocycles. The van der Waals surface area contributed by atoms with Crippen molar-refractivity contribution in [1.29, 1.82) is 0 Å². The zero-order chi connectivity index (χ0) is 18.7. The number of piperidine rings is 2. The highest BCUT2D eigenvalue weighted by Crippen LogP contribution is 2.39. The van der Waals surface area contributed by atoms with Crippen LogP contribution in [0.15, 0.2) is 12.1 Å². The topological polar surface area (TPSA) is 53.0 Å². The van der Waals surface area contributed by atoms with E-state index < -0.39 is 11.6 Å². The number of methoxy groups -OCH3 is 1. The van der Waals surface area contributed by atoms with E-state index >= 15 is 0 Å². The van der Waals surface area contributed by atoms with E-state index in [1.807, 2.05) is 0 Å². The Morgan fingerprint density at radius 3 is 2.62 bits per heavy atom. The van der Waals surface area contributed by atoms with Crippen LogP contribution in [0.2, 0.25) is 0 Å². The van der Waals surface area contributed by atoms with Crippen LogP contribution in [0.5, 0.6) is 5.75 Å². The molecule has 2 fully saturated rings. The molecule has 0 radical (unpaired) electrons. The van der Waals surface area contributed by atoms with E-state index in [0.29, 0.717) is 26.1 Å². The molecule has 1 amide bonds. The first kappa shape index (κ1) is 19.0. The van der Waals surface area contributed by atoms with Crippen LogP contribution in [0.3, 0.4) is 0 Å². The summed E-state index contributed by atoms with van der Waals surface area (Å²) in [5, 5.41) is 9.18. The number of halogens is 2. The lowest BCUT2D eigenvalue weighted by Crippen LogP contribution is -2.54. The van der Waals surface area contributed by atoms with Crippen LogP contribution >= 0.6 is 0 Å². The summed E-state index contributed by atoms with van der Waals surface area (Å²) in [6.45, 7) is 2.59. The van der Waals surface area contributed by atoms with Gasteiger partial charge in [0.2, 0.25) is 5.91 Å². The van der Waals surface area contributed by atoms with Crippen molar-refractivity contribution in [3.05, 3.63) is 29.3 Å². The minimum absolute atomic E-state index is 0.0478. The van der Waals surface area contributed by atoms with Gasteiger partial charge in [0.1, 0.15) is 17.4 Å². The zero-order valence-corrected chi connectivity index (χ0v) is 15.1. The van der Waals surface area contributed by atoms with Crippen molar-refractivity contribution in [3.8, 4) is 5.75 Å². The molecule has 26 heavy (non-hydrogen) atoms. The van der Waals surface area contributed by atoms with Crippen molar-refractivity contribution >= 4 is 5.91 Å². The normalized spacial score (nSPS) is 24.3. The summed E-state index contributed by atoms with van der Waals surface area (Å²) in [7, 11) is 1.38. The first-order valence-corrected chi connectivity index (χ1v) is 9.09. The third-order valence-electron chi connectivity index (χ3n) is 5.59. The number of carbonyl (C=O) groups excluding carboxylic acids is 1. The van der Waals surface area contributed by atoms with Crippen LogP contribution in [-0.4, -0.2) is 60.7 Å². The molecule has 1 spiro atoms. The van der Waals surface area contributed by atoms with Crippen molar-refractivity contribution in [1.82, 2.24) is 9.80 Å². The number of ether oxygens (including phenoxy) is 1. The van der Waals surface area contributed by atoms with E-state index in [1.165, 1.54) is 19.2 Å². The Kier molecular flexibility index (Phi) is 5.77. The van der Waals surface area contributed by atoms with Gasteiger partial charge in [-0.3, -0.25) is 9.69 Å². The van der Waals surface area contributed by atoms with E-state index in [0.717, 1.165) is 25.8 Å². The average Bonchev–Trinajstić information content (AvgIpc) is 2.62. The largest absolute Gasteiger partial charge is 0.497 e. The molecule has 1 unspecified atom stereocenters. The molecule has 1 atom stereocenters. The van der Waals surface area contributed by atoms with Crippen LogP contribution in [0.25, 0.3) is 0 Å². The van der Waals surface area contributed by atoms with Crippen molar-refractivity contribution in [2.45, 2.75) is 32.2 Å². The summed E-state index contributed by atoms with van der Waals surface area (Å²) in [4.78, 5) is 15.8. The number of aliphatic hydroxyl groups excluding tert-OH is 1. The van der Waals surface area contributed by atoms with Crippen LogP contribution in [-0.2, 0) is 11.3 Å². The molecule has 1 aromatic rings. The molecule has 0 bridgehead atoms. The predicted octanol–water partition coefficient (Wildman–Crippen LogP) is 2.17. The summed E-state index contributed by atoms with van der Waals surface area (Å²) in [6, 6.07) is 2.42. The zero-order valence-electron chi connectivity index (χ0n) is 15.1. The highest BCUT2D eigenvalue weighted by molar-refractivity contribution is 5.77. The number of β-amino-alcohol motifs (C(OH)–C–C–N with tert-alkyl or cyclic N) is 1. The number of carbonyl (C=O) groups is 1. The van der Waals surface area contributed by atoms with E-state index in [4.69, 9.17) is 4.74 Å². The van der Waals surface area contributed by atoms with Crippen molar-refractivity contribution in [2.24, 2.45) is 5.41 Å². The maximum absolute atomic E-state index is 14.3. The predicted molar refractivity (Wildman–Crippen MR) is 92.8 cm³/mol. The Hall–Kier alpha value is -1.73. The number of nitrogens with zero attached hydrogens (tertiary/aromatic N) is 2. The second kappa shape index (κ2) is 7.88. The fourth-order valence-corrected chi connectivity index (χ4v) is 4.28. The Balaban J connectivity index is 1.72. The van der Waals surface area contributed by atoms with E-state index in [2.05, 4.69) is 4.90 Å². The van der Waals surface area contributed by atoms with Gasteiger partial charge in [0, 0.05) is 55.7 Å². The molecule has 7 heteroatoms. The fraction of sp³-hybridized carbons (Fsp3) is 0.632.